The van der Waals surface area contributed by atoms with E-state index in [0.29, 0.717) is 0 Å². The summed E-state index contributed by atoms with van der Waals surface area (Å²) in [6.07, 6.45) is 15.0. The summed E-state index contributed by atoms with van der Waals surface area (Å²) in [4.78, 5) is 0. The molecule has 2 unspecified atom stereocenters. The first-order valence-corrected chi connectivity index (χ1v) is 7.21. The van der Waals surface area contributed by atoms with Gasteiger partial charge in [-0.1, -0.05) is 64.8 Å². The summed E-state index contributed by atoms with van der Waals surface area (Å²) in [7, 11) is 0. The van der Waals surface area contributed by atoms with E-state index in [4.69, 9.17) is 0 Å². The average Bonchev–Trinajstić information content (AvgIpc) is 2.46. The van der Waals surface area contributed by atoms with Gasteiger partial charge in [-0.3, -0.25) is 0 Å². The molecule has 0 nitrogen and oxygen atoms in total. The molecule has 0 saturated carbocycles. The molecule has 0 aliphatic heterocycles. The van der Waals surface area contributed by atoms with Gasteiger partial charge >= 0.3 is 0 Å². The maximum absolute atomic E-state index is 4.00. The highest BCUT2D eigenvalue weighted by atomic mass is 14.1. The van der Waals surface area contributed by atoms with E-state index in [1.165, 1.54) is 24.0 Å². The third-order valence-electron chi connectivity index (χ3n) is 3.39. The van der Waals surface area contributed by atoms with Gasteiger partial charge in [0.2, 0.25) is 0 Å². The third-order valence-corrected chi connectivity index (χ3v) is 3.39. The van der Waals surface area contributed by atoms with Crippen molar-refractivity contribution in [2.45, 2.75) is 68.2 Å². The van der Waals surface area contributed by atoms with Crippen LogP contribution in [-0.4, -0.2) is 0 Å². The smallest absolute Gasteiger partial charge is 0.0234 e. The molecule has 0 heterocycles. The van der Waals surface area contributed by atoms with Crippen LogP contribution in [0.1, 0.15) is 68.2 Å². The lowest BCUT2D eigenvalue weighted by Crippen LogP contribution is -1.95. The lowest BCUT2D eigenvalue weighted by atomic mass is 9.96. The fraction of sp³-hybridized carbons (Fsp3) is 0.667. The first kappa shape index (κ1) is 22.2. The zero-order valence-electron chi connectivity index (χ0n) is 13.9. The van der Waals surface area contributed by atoms with Gasteiger partial charge in [-0.15, -0.1) is 12.8 Å². The van der Waals surface area contributed by atoms with Gasteiger partial charge in [0.1, 0.15) is 0 Å². The largest absolute Gasteiger partial charge is 0.124 e. The molecule has 0 radical (unpaired) electrons. The topological polar surface area (TPSA) is 0 Å². The molecule has 0 aromatic rings. The molecule has 0 bridgehead atoms. The van der Waals surface area contributed by atoms with Crippen molar-refractivity contribution in [3.05, 3.63) is 23.3 Å². The molecule has 0 saturated heterocycles. The Morgan fingerprint density at radius 1 is 0.833 bits per heavy atom. The monoisotopic (exact) mass is 250 g/mol. The van der Waals surface area contributed by atoms with Crippen molar-refractivity contribution in [1.29, 1.82) is 0 Å². The van der Waals surface area contributed by atoms with Gasteiger partial charge in [0.15, 0.2) is 0 Å². The fourth-order valence-corrected chi connectivity index (χ4v) is 1.24. The first-order valence-electron chi connectivity index (χ1n) is 7.21. The summed E-state index contributed by atoms with van der Waals surface area (Å²) in [5, 5.41) is 0. The summed E-state index contributed by atoms with van der Waals surface area (Å²) in [5.74, 6) is 1.44. The van der Waals surface area contributed by atoms with Crippen molar-refractivity contribution in [3.63, 3.8) is 0 Å². The zero-order valence-corrected chi connectivity index (χ0v) is 13.9. The lowest BCUT2D eigenvalue weighted by molar-refractivity contribution is 0.649. The first-order chi connectivity index (χ1) is 8.52. The van der Waals surface area contributed by atoms with Crippen LogP contribution in [0.25, 0.3) is 0 Å². The second-order valence-electron chi connectivity index (χ2n) is 4.44. The maximum atomic E-state index is 4.00. The van der Waals surface area contributed by atoms with Crippen molar-refractivity contribution < 1.29 is 0 Å². The van der Waals surface area contributed by atoms with Crippen molar-refractivity contribution >= 4 is 0 Å². The molecule has 0 aromatic carbocycles. The predicted molar refractivity (Wildman–Crippen MR) is 87.7 cm³/mol. The summed E-state index contributed by atoms with van der Waals surface area (Å²) in [6.45, 7) is 17.5. The van der Waals surface area contributed by atoms with Crippen molar-refractivity contribution in [2.24, 2.45) is 11.8 Å². The lowest BCUT2D eigenvalue weighted by Gasteiger charge is -2.10. The molecule has 106 valence electrons. The van der Waals surface area contributed by atoms with Gasteiger partial charge in [0.25, 0.3) is 0 Å². The maximum Gasteiger partial charge on any atom is -0.0234 e. The highest BCUT2D eigenvalue weighted by molar-refractivity contribution is 5.18. The molecule has 0 fully saturated rings. The van der Waals surface area contributed by atoms with Crippen molar-refractivity contribution in [3.8, 4) is 12.8 Å². The van der Waals surface area contributed by atoms with Crippen LogP contribution in [-0.2, 0) is 0 Å². The molecule has 0 spiro atoms. The van der Waals surface area contributed by atoms with Gasteiger partial charge in [0, 0.05) is 0 Å². The molecule has 2 atom stereocenters. The van der Waals surface area contributed by atoms with E-state index < -0.39 is 0 Å². The quantitative estimate of drug-likeness (QED) is 0.400. The molecule has 0 rings (SSSR count). The molecule has 0 aliphatic rings. The Bertz CT molecular complexity index is 216. The third kappa shape index (κ3) is 11.5. The van der Waals surface area contributed by atoms with Gasteiger partial charge in [-0.2, -0.15) is 0 Å². The molecule has 0 aliphatic carbocycles. The summed E-state index contributed by atoms with van der Waals surface area (Å²) in [5.41, 5.74) is 2.99. The zero-order chi connectivity index (χ0) is 15.1. The molecule has 18 heavy (non-hydrogen) atoms. The minimum Gasteiger partial charge on any atom is -0.124 e. The van der Waals surface area contributed by atoms with Gasteiger partial charge in [-0.05, 0) is 38.5 Å². The van der Waals surface area contributed by atoms with Gasteiger partial charge in [-0.25, -0.2) is 0 Å². The summed E-state index contributed by atoms with van der Waals surface area (Å²) in [6, 6.07) is 0. The van der Waals surface area contributed by atoms with Crippen LogP contribution in [0.2, 0.25) is 0 Å². The van der Waals surface area contributed by atoms with Crippen LogP contribution in [0.5, 0.6) is 0 Å². The predicted octanol–water partition coefficient (Wildman–Crippen LogP) is 6.25. The SMILES string of the molecule is C#C.CC.CCC(C)/C(C)=C/C=C(\C)C(C)CC. The van der Waals surface area contributed by atoms with E-state index in [1.807, 2.05) is 13.8 Å². The Morgan fingerprint density at radius 3 is 1.22 bits per heavy atom. The number of rotatable bonds is 5. The van der Waals surface area contributed by atoms with E-state index in [2.05, 4.69) is 66.5 Å². The Morgan fingerprint density at radius 2 is 1.06 bits per heavy atom. The second-order valence-corrected chi connectivity index (χ2v) is 4.44. The van der Waals surface area contributed by atoms with Gasteiger partial charge in [0.05, 0.1) is 0 Å². The van der Waals surface area contributed by atoms with Crippen LogP contribution in [0.3, 0.4) is 0 Å². The van der Waals surface area contributed by atoms with Crippen molar-refractivity contribution in [2.75, 3.05) is 0 Å². The minimum absolute atomic E-state index is 0.719. The van der Waals surface area contributed by atoms with Crippen LogP contribution in [0.4, 0.5) is 0 Å². The summed E-state index contributed by atoms with van der Waals surface area (Å²) >= 11 is 0. The Hall–Kier alpha value is -0.960. The van der Waals surface area contributed by atoms with Crippen LogP contribution >= 0.6 is 0 Å². The molecule has 0 N–H and O–H groups in total. The number of terminal acetylenes is 1. The van der Waals surface area contributed by atoms with E-state index in [9.17, 15) is 0 Å². The fourth-order valence-electron chi connectivity index (χ4n) is 1.24. The summed E-state index contributed by atoms with van der Waals surface area (Å²) < 4.78 is 0. The van der Waals surface area contributed by atoms with Gasteiger partial charge < -0.3 is 0 Å². The van der Waals surface area contributed by atoms with Crippen molar-refractivity contribution in [1.82, 2.24) is 0 Å². The minimum atomic E-state index is 0.719. The number of hydrogen-bond donors (Lipinski definition) is 0. The van der Waals surface area contributed by atoms with E-state index in [0.717, 1.165) is 11.8 Å². The Balaban J connectivity index is -0.000000506. The van der Waals surface area contributed by atoms with Crippen LogP contribution in [0.15, 0.2) is 23.3 Å². The van der Waals surface area contributed by atoms with E-state index in [-0.39, 0.29) is 0 Å². The highest BCUT2D eigenvalue weighted by Crippen LogP contribution is 2.16. The highest BCUT2D eigenvalue weighted by Gasteiger charge is 2.01. The normalized spacial score (nSPS) is 14.6. The molecule has 0 heteroatoms. The average molecular weight is 250 g/mol. The molecule has 0 aromatic heterocycles. The standard InChI is InChI=1S/C14H26.C2H6.C2H2/c1-7-11(3)13(5)9-10-14(6)12(4)8-2;2*1-2/h9-12H,7-8H2,1-6H3;1-2H3;1-2H/b13-9+,14-10+;;. The van der Waals surface area contributed by atoms with Crippen LogP contribution < -0.4 is 0 Å². The number of allylic oxidation sites excluding steroid dienone is 4. The second kappa shape index (κ2) is 16.0. The molecule has 0 amide bonds. The van der Waals surface area contributed by atoms with Crippen LogP contribution in [0, 0.1) is 24.7 Å². The molecular weight excluding hydrogens is 216 g/mol. The Labute approximate surface area is 117 Å². The van der Waals surface area contributed by atoms with E-state index >= 15 is 0 Å². The number of hydrogen-bond acceptors (Lipinski definition) is 0. The Kier molecular flexibility index (Phi) is 19.8. The molecular formula is C18H34. The van der Waals surface area contributed by atoms with E-state index in [1.54, 1.807) is 0 Å².